The molecule has 0 aliphatic heterocycles. The van der Waals surface area contributed by atoms with Crippen molar-refractivity contribution in [2.75, 3.05) is 0 Å². The lowest BCUT2D eigenvalue weighted by Crippen LogP contribution is -2.35. The van der Waals surface area contributed by atoms with E-state index >= 15 is 0 Å². The lowest BCUT2D eigenvalue weighted by molar-refractivity contribution is -0.123. The molecule has 0 spiro atoms. The van der Waals surface area contributed by atoms with Gasteiger partial charge in [0.25, 0.3) is 0 Å². The SMILES string of the molecule is CCCCCCC(C)NC(=O)C1CC1N. The summed E-state index contributed by atoms with van der Waals surface area (Å²) in [5.41, 5.74) is 5.62. The number of hydrogen-bond acceptors (Lipinski definition) is 2. The summed E-state index contributed by atoms with van der Waals surface area (Å²) in [4.78, 5) is 11.5. The number of rotatable bonds is 7. The Morgan fingerprint density at radius 1 is 1.47 bits per heavy atom. The number of unbranched alkanes of at least 4 members (excludes halogenated alkanes) is 3. The molecule has 3 heteroatoms. The van der Waals surface area contributed by atoms with Crippen molar-refractivity contribution in [1.82, 2.24) is 5.32 Å². The molecule has 1 rings (SSSR count). The van der Waals surface area contributed by atoms with Crippen molar-refractivity contribution < 1.29 is 4.79 Å². The Labute approximate surface area is 92.8 Å². The van der Waals surface area contributed by atoms with E-state index in [1.54, 1.807) is 0 Å². The minimum atomic E-state index is 0.100. The summed E-state index contributed by atoms with van der Waals surface area (Å²) >= 11 is 0. The van der Waals surface area contributed by atoms with Gasteiger partial charge in [-0.05, 0) is 19.8 Å². The maximum Gasteiger partial charge on any atom is 0.224 e. The fourth-order valence-corrected chi connectivity index (χ4v) is 1.82. The Hall–Kier alpha value is -0.570. The van der Waals surface area contributed by atoms with E-state index in [4.69, 9.17) is 5.73 Å². The van der Waals surface area contributed by atoms with Crippen molar-refractivity contribution in [3.05, 3.63) is 0 Å². The second-order valence-electron chi connectivity index (χ2n) is 4.77. The third kappa shape index (κ3) is 4.65. The van der Waals surface area contributed by atoms with E-state index in [9.17, 15) is 4.79 Å². The van der Waals surface area contributed by atoms with Crippen LogP contribution in [-0.2, 0) is 4.79 Å². The number of hydrogen-bond donors (Lipinski definition) is 2. The van der Waals surface area contributed by atoms with Gasteiger partial charge < -0.3 is 11.1 Å². The third-order valence-corrected chi connectivity index (χ3v) is 3.06. The van der Waals surface area contributed by atoms with Gasteiger partial charge in [-0.3, -0.25) is 4.79 Å². The summed E-state index contributed by atoms with van der Waals surface area (Å²) in [6, 6.07) is 0.430. The van der Waals surface area contributed by atoms with Crippen LogP contribution in [0.2, 0.25) is 0 Å². The molecular formula is C12H24N2O. The molecule has 0 bridgehead atoms. The van der Waals surface area contributed by atoms with E-state index in [1.165, 1.54) is 25.7 Å². The van der Waals surface area contributed by atoms with Crippen molar-refractivity contribution >= 4 is 5.91 Å². The second kappa shape index (κ2) is 6.11. The zero-order valence-electron chi connectivity index (χ0n) is 9.96. The van der Waals surface area contributed by atoms with E-state index < -0.39 is 0 Å². The molecule has 3 unspecified atom stereocenters. The zero-order valence-corrected chi connectivity index (χ0v) is 9.96. The topological polar surface area (TPSA) is 55.1 Å². The van der Waals surface area contributed by atoms with Gasteiger partial charge in [-0.25, -0.2) is 0 Å². The normalized spacial score (nSPS) is 26.1. The van der Waals surface area contributed by atoms with Crippen LogP contribution in [0.4, 0.5) is 0 Å². The minimum Gasteiger partial charge on any atom is -0.353 e. The lowest BCUT2D eigenvalue weighted by Gasteiger charge is -2.13. The Balaban J connectivity index is 2.02. The van der Waals surface area contributed by atoms with Crippen LogP contribution in [0, 0.1) is 5.92 Å². The van der Waals surface area contributed by atoms with Gasteiger partial charge in [-0.1, -0.05) is 32.6 Å². The highest BCUT2D eigenvalue weighted by Gasteiger charge is 2.40. The van der Waals surface area contributed by atoms with Crippen LogP contribution < -0.4 is 11.1 Å². The standard InChI is InChI=1S/C12H24N2O/c1-3-4-5-6-7-9(2)14-12(15)10-8-11(10)13/h9-11H,3-8,13H2,1-2H3,(H,14,15). The van der Waals surface area contributed by atoms with Gasteiger partial charge in [0.15, 0.2) is 0 Å². The molecule has 1 fully saturated rings. The number of amides is 1. The molecule has 1 aliphatic rings. The van der Waals surface area contributed by atoms with Gasteiger partial charge in [-0.15, -0.1) is 0 Å². The second-order valence-corrected chi connectivity index (χ2v) is 4.77. The average Bonchev–Trinajstić information content (AvgIpc) is 2.90. The molecule has 0 aromatic heterocycles. The molecule has 0 saturated heterocycles. The van der Waals surface area contributed by atoms with E-state index in [2.05, 4.69) is 19.2 Å². The first kappa shape index (κ1) is 12.5. The van der Waals surface area contributed by atoms with E-state index in [1.807, 2.05) is 0 Å². The van der Waals surface area contributed by atoms with Crippen LogP contribution in [0.15, 0.2) is 0 Å². The molecule has 3 atom stereocenters. The maximum atomic E-state index is 11.5. The fraction of sp³-hybridized carbons (Fsp3) is 0.917. The molecule has 1 saturated carbocycles. The monoisotopic (exact) mass is 212 g/mol. The molecule has 1 amide bonds. The summed E-state index contributed by atoms with van der Waals surface area (Å²) in [5.74, 6) is 0.258. The molecule has 0 radical (unpaired) electrons. The number of carbonyl (C=O) groups is 1. The Morgan fingerprint density at radius 3 is 2.67 bits per heavy atom. The first-order valence-corrected chi connectivity index (χ1v) is 6.21. The fourth-order valence-electron chi connectivity index (χ4n) is 1.82. The van der Waals surface area contributed by atoms with Crippen molar-refractivity contribution in [2.24, 2.45) is 11.7 Å². The zero-order chi connectivity index (χ0) is 11.3. The van der Waals surface area contributed by atoms with Gasteiger partial charge in [0.2, 0.25) is 5.91 Å². The summed E-state index contributed by atoms with van der Waals surface area (Å²) in [7, 11) is 0. The van der Waals surface area contributed by atoms with Crippen LogP contribution in [0.1, 0.15) is 52.4 Å². The highest BCUT2D eigenvalue weighted by atomic mass is 16.2. The average molecular weight is 212 g/mol. The number of nitrogens with one attached hydrogen (secondary N) is 1. The number of carbonyl (C=O) groups excluding carboxylic acids is 1. The van der Waals surface area contributed by atoms with Crippen molar-refractivity contribution in [3.8, 4) is 0 Å². The summed E-state index contributed by atoms with van der Waals surface area (Å²) < 4.78 is 0. The molecule has 0 aromatic rings. The van der Waals surface area contributed by atoms with Crippen molar-refractivity contribution in [3.63, 3.8) is 0 Å². The molecular weight excluding hydrogens is 188 g/mol. The molecule has 0 heterocycles. The summed E-state index contributed by atoms with van der Waals surface area (Å²) in [5, 5.41) is 3.03. The van der Waals surface area contributed by atoms with Crippen LogP contribution in [0.25, 0.3) is 0 Å². The maximum absolute atomic E-state index is 11.5. The molecule has 3 N–H and O–H groups in total. The quantitative estimate of drug-likeness (QED) is 0.632. The highest BCUT2D eigenvalue weighted by Crippen LogP contribution is 2.27. The van der Waals surface area contributed by atoms with Gasteiger partial charge in [0.05, 0.1) is 5.92 Å². The Morgan fingerprint density at radius 2 is 2.13 bits per heavy atom. The van der Waals surface area contributed by atoms with Gasteiger partial charge in [0.1, 0.15) is 0 Å². The predicted molar refractivity (Wildman–Crippen MR) is 62.4 cm³/mol. The van der Waals surface area contributed by atoms with E-state index in [-0.39, 0.29) is 17.9 Å². The molecule has 88 valence electrons. The predicted octanol–water partition coefficient (Wildman–Crippen LogP) is 1.81. The Bertz CT molecular complexity index is 206. The summed E-state index contributed by atoms with van der Waals surface area (Å²) in [6.07, 6.45) is 7.01. The molecule has 0 aromatic carbocycles. The van der Waals surface area contributed by atoms with E-state index in [0.717, 1.165) is 12.8 Å². The molecule has 3 nitrogen and oxygen atoms in total. The minimum absolute atomic E-state index is 0.100. The van der Waals surface area contributed by atoms with Gasteiger partial charge in [-0.2, -0.15) is 0 Å². The van der Waals surface area contributed by atoms with Crippen LogP contribution in [0.3, 0.4) is 0 Å². The van der Waals surface area contributed by atoms with Gasteiger partial charge >= 0.3 is 0 Å². The summed E-state index contributed by atoms with van der Waals surface area (Å²) in [6.45, 7) is 4.29. The van der Waals surface area contributed by atoms with E-state index in [0.29, 0.717) is 6.04 Å². The Kier molecular flexibility index (Phi) is 5.09. The van der Waals surface area contributed by atoms with Crippen LogP contribution >= 0.6 is 0 Å². The molecule has 15 heavy (non-hydrogen) atoms. The molecule has 1 aliphatic carbocycles. The van der Waals surface area contributed by atoms with Crippen LogP contribution in [0.5, 0.6) is 0 Å². The smallest absolute Gasteiger partial charge is 0.224 e. The van der Waals surface area contributed by atoms with Crippen LogP contribution in [-0.4, -0.2) is 18.0 Å². The highest BCUT2D eigenvalue weighted by molar-refractivity contribution is 5.82. The first-order valence-electron chi connectivity index (χ1n) is 6.21. The number of nitrogens with two attached hydrogens (primary N) is 1. The largest absolute Gasteiger partial charge is 0.353 e. The van der Waals surface area contributed by atoms with Crippen molar-refractivity contribution in [1.29, 1.82) is 0 Å². The first-order chi connectivity index (χ1) is 7.15. The lowest BCUT2D eigenvalue weighted by atomic mass is 10.1. The van der Waals surface area contributed by atoms with Crippen molar-refractivity contribution in [2.45, 2.75) is 64.5 Å². The third-order valence-electron chi connectivity index (χ3n) is 3.06. The van der Waals surface area contributed by atoms with Gasteiger partial charge in [0, 0.05) is 12.1 Å².